The van der Waals surface area contributed by atoms with Crippen LogP contribution in [-0.2, 0) is 10.5 Å². The van der Waals surface area contributed by atoms with Crippen molar-refractivity contribution in [3.8, 4) is 0 Å². The number of amides is 1. The van der Waals surface area contributed by atoms with Crippen LogP contribution in [0.1, 0.15) is 19.5 Å². The fourth-order valence-electron chi connectivity index (χ4n) is 2.06. The molecule has 0 aliphatic heterocycles. The average Bonchev–Trinajstić information content (AvgIpc) is 3.11. The summed E-state index contributed by atoms with van der Waals surface area (Å²) in [6, 6.07) is 5.36. The predicted octanol–water partition coefficient (Wildman–Crippen LogP) is 4.60. The Bertz CT molecular complexity index is 846. The molecule has 0 spiro atoms. The van der Waals surface area contributed by atoms with Crippen molar-refractivity contribution in [3.05, 3.63) is 34.3 Å². The normalized spacial score (nSPS) is 11.1. The molecule has 1 aromatic carbocycles. The SMILES string of the molecule is CCN(C(C)=O)c1nc(CSc2nc3cc(Cl)ccc3o2)cs1. The second-order valence-electron chi connectivity index (χ2n) is 4.77. The highest BCUT2D eigenvalue weighted by molar-refractivity contribution is 7.98. The van der Waals surface area contributed by atoms with Crippen LogP contribution in [0.25, 0.3) is 11.1 Å². The number of rotatable bonds is 5. The van der Waals surface area contributed by atoms with Gasteiger partial charge in [-0.2, -0.15) is 0 Å². The topological polar surface area (TPSA) is 59.2 Å². The number of nitrogens with zero attached hydrogens (tertiary/aromatic N) is 3. The van der Waals surface area contributed by atoms with Crippen LogP contribution in [0.5, 0.6) is 0 Å². The van der Waals surface area contributed by atoms with E-state index in [0.29, 0.717) is 28.1 Å². The third kappa shape index (κ3) is 3.68. The minimum absolute atomic E-state index is 0.00289. The summed E-state index contributed by atoms with van der Waals surface area (Å²) in [7, 11) is 0. The molecule has 23 heavy (non-hydrogen) atoms. The van der Waals surface area contributed by atoms with E-state index in [0.717, 1.165) is 16.3 Å². The zero-order chi connectivity index (χ0) is 16.4. The van der Waals surface area contributed by atoms with Crippen LogP contribution < -0.4 is 4.90 Å². The molecule has 0 aliphatic carbocycles. The molecule has 2 aromatic heterocycles. The van der Waals surface area contributed by atoms with Crippen molar-refractivity contribution in [2.45, 2.75) is 24.8 Å². The molecule has 0 atom stereocenters. The summed E-state index contributed by atoms with van der Waals surface area (Å²) in [6.07, 6.45) is 0. The van der Waals surface area contributed by atoms with E-state index < -0.39 is 0 Å². The van der Waals surface area contributed by atoms with Crippen LogP contribution in [0.15, 0.2) is 33.2 Å². The van der Waals surface area contributed by atoms with Crippen LogP contribution in [0.2, 0.25) is 5.02 Å². The Morgan fingerprint density at radius 1 is 1.43 bits per heavy atom. The van der Waals surface area contributed by atoms with Gasteiger partial charge in [0.05, 0.1) is 5.69 Å². The van der Waals surface area contributed by atoms with Gasteiger partial charge in [0, 0.05) is 29.6 Å². The Hall–Kier alpha value is -1.57. The maximum atomic E-state index is 11.5. The first kappa shape index (κ1) is 16.3. The average molecular weight is 368 g/mol. The van der Waals surface area contributed by atoms with Gasteiger partial charge in [-0.15, -0.1) is 11.3 Å². The molecule has 3 rings (SSSR count). The quantitative estimate of drug-likeness (QED) is 0.616. The number of hydrogen-bond donors (Lipinski definition) is 0. The number of thioether (sulfide) groups is 1. The van der Waals surface area contributed by atoms with Gasteiger partial charge in [-0.3, -0.25) is 9.69 Å². The summed E-state index contributed by atoms with van der Waals surface area (Å²) in [5.41, 5.74) is 2.35. The Morgan fingerprint density at radius 3 is 3.00 bits per heavy atom. The summed E-state index contributed by atoms with van der Waals surface area (Å²) < 4.78 is 5.66. The number of carbonyl (C=O) groups excluding carboxylic acids is 1. The highest BCUT2D eigenvalue weighted by atomic mass is 35.5. The lowest BCUT2D eigenvalue weighted by Crippen LogP contribution is -2.27. The fourth-order valence-corrected chi connectivity index (χ4v) is 3.99. The number of carbonyl (C=O) groups is 1. The molecule has 2 heterocycles. The molecule has 0 bridgehead atoms. The number of hydrogen-bond acceptors (Lipinski definition) is 6. The van der Waals surface area contributed by atoms with Crippen LogP contribution in [0.4, 0.5) is 5.13 Å². The molecule has 0 saturated carbocycles. The van der Waals surface area contributed by atoms with Gasteiger partial charge in [0.15, 0.2) is 10.7 Å². The van der Waals surface area contributed by atoms with Crippen molar-refractivity contribution in [1.29, 1.82) is 0 Å². The monoisotopic (exact) mass is 367 g/mol. The van der Waals surface area contributed by atoms with Gasteiger partial charge >= 0.3 is 0 Å². The van der Waals surface area contributed by atoms with Crippen molar-refractivity contribution < 1.29 is 9.21 Å². The number of benzene rings is 1. The molecule has 3 aromatic rings. The minimum atomic E-state index is -0.00289. The summed E-state index contributed by atoms with van der Waals surface area (Å²) in [6.45, 7) is 4.09. The summed E-state index contributed by atoms with van der Waals surface area (Å²) in [4.78, 5) is 22.1. The van der Waals surface area contributed by atoms with E-state index in [1.54, 1.807) is 24.0 Å². The van der Waals surface area contributed by atoms with E-state index in [1.165, 1.54) is 23.1 Å². The minimum Gasteiger partial charge on any atom is -0.431 e. The van der Waals surface area contributed by atoms with Gasteiger partial charge in [-0.1, -0.05) is 23.4 Å². The standard InChI is InChI=1S/C15H14ClN3O2S2/c1-3-19(9(2)20)14-17-11(7-22-14)8-23-15-18-12-6-10(16)4-5-13(12)21-15/h4-7H,3,8H2,1-2H3. The van der Waals surface area contributed by atoms with Gasteiger partial charge in [-0.05, 0) is 25.1 Å². The highest BCUT2D eigenvalue weighted by Gasteiger charge is 2.14. The summed E-state index contributed by atoms with van der Waals surface area (Å²) >= 11 is 8.87. The van der Waals surface area contributed by atoms with Crippen LogP contribution in [0.3, 0.4) is 0 Å². The molecule has 0 N–H and O–H groups in total. The highest BCUT2D eigenvalue weighted by Crippen LogP contribution is 2.29. The second-order valence-corrected chi connectivity index (χ2v) is 6.96. The van der Waals surface area contributed by atoms with E-state index >= 15 is 0 Å². The zero-order valence-corrected chi connectivity index (χ0v) is 15.0. The number of thiazole rings is 1. The number of anilines is 1. The Labute approximate surface area is 146 Å². The van der Waals surface area contributed by atoms with Crippen molar-refractivity contribution >= 4 is 56.8 Å². The van der Waals surface area contributed by atoms with Crippen LogP contribution in [-0.4, -0.2) is 22.4 Å². The molecule has 0 radical (unpaired) electrons. The first-order chi connectivity index (χ1) is 11.1. The molecular formula is C15H14ClN3O2S2. The van der Waals surface area contributed by atoms with Gasteiger partial charge in [0.2, 0.25) is 5.91 Å². The predicted molar refractivity (Wildman–Crippen MR) is 94.4 cm³/mol. The van der Waals surface area contributed by atoms with Gasteiger partial charge < -0.3 is 4.42 Å². The number of aromatic nitrogens is 2. The maximum absolute atomic E-state index is 11.5. The van der Waals surface area contributed by atoms with Gasteiger partial charge in [-0.25, -0.2) is 9.97 Å². The molecule has 1 amide bonds. The van der Waals surface area contributed by atoms with E-state index in [-0.39, 0.29) is 5.91 Å². The van der Waals surface area contributed by atoms with E-state index in [9.17, 15) is 4.79 Å². The van der Waals surface area contributed by atoms with Crippen LogP contribution >= 0.6 is 34.7 Å². The molecule has 5 nitrogen and oxygen atoms in total. The molecule has 120 valence electrons. The molecule has 0 unspecified atom stereocenters. The Balaban J connectivity index is 1.70. The van der Waals surface area contributed by atoms with Crippen molar-refractivity contribution in [1.82, 2.24) is 9.97 Å². The van der Waals surface area contributed by atoms with Crippen molar-refractivity contribution in [2.75, 3.05) is 11.4 Å². The number of oxazole rings is 1. The first-order valence-corrected chi connectivity index (χ1v) is 9.22. The smallest absolute Gasteiger partial charge is 0.257 e. The molecule has 8 heteroatoms. The third-order valence-electron chi connectivity index (χ3n) is 3.14. The lowest BCUT2D eigenvalue weighted by molar-refractivity contribution is -0.116. The molecule has 0 aliphatic rings. The van der Waals surface area contributed by atoms with Crippen molar-refractivity contribution in [3.63, 3.8) is 0 Å². The van der Waals surface area contributed by atoms with Crippen molar-refractivity contribution in [2.24, 2.45) is 0 Å². The third-order valence-corrected chi connectivity index (χ3v) is 5.15. The van der Waals surface area contributed by atoms with E-state index in [1.807, 2.05) is 18.4 Å². The fraction of sp³-hybridized carbons (Fsp3) is 0.267. The lowest BCUT2D eigenvalue weighted by atomic mass is 10.3. The van der Waals surface area contributed by atoms with Crippen LogP contribution in [0, 0.1) is 0 Å². The second kappa shape index (κ2) is 6.90. The Kier molecular flexibility index (Phi) is 4.89. The largest absolute Gasteiger partial charge is 0.431 e. The molecule has 0 fully saturated rings. The van der Waals surface area contributed by atoms with Gasteiger partial charge in [0.1, 0.15) is 5.52 Å². The van der Waals surface area contributed by atoms with E-state index in [2.05, 4.69) is 9.97 Å². The number of fused-ring (bicyclic) bond motifs is 1. The zero-order valence-electron chi connectivity index (χ0n) is 12.6. The number of halogens is 1. The first-order valence-electron chi connectivity index (χ1n) is 6.98. The Morgan fingerprint density at radius 2 is 2.26 bits per heavy atom. The molecular weight excluding hydrogens is 354 g/mol. The maximum Gasteiger partial charge on any atom is 0.257 e. The van der Waals surface area contributed by atoms with Gasteiger partial charge in [0.25, 0.3) is 5.22 Å². The summed E-state index contributed by atoms with van der Waals surface area (Å²) in [5.74, 6) is 0.629. The summed E-state index contributed by atoms with van der Waals surface area (Å²) in [5, 5.41) is 3.89. The van der Waals surface area contributed by atoms with E-state index in [4.69, 9.17) is 16.0 Å². The lowest BCUT2D eigenvalue weighted by Gasteiger charge is -2.14. The molecule has 0 saturated heterocycles.